The number of carbonyl (C=O) groups excluding carboxylic acids is 3. The first-order chi connectivity index (χ1) is 10.8. The van der Waals surface area contributed by atoms with Crippen LogP contribution in [0.5, 0.6) is 0 Å². The lowest BCUT2D eigenvalue weighted by Gasteiger charge is -2.29. The number of likely N-dealkylation sites (N-methyl/N-ethyl adjacent to an activating group) is 1. The highest BCUT2D eigenvalue weighted by atomic mass is 35.5. The van der Waals surface area contributed by atoms with E-state index in [1.165, 1.54) is 9.80 Å². The van der Waals surface area contributed by atoms with Crippen LogP contribution in [0.2, 0.25) is 0 Å². The van der Waals surface area contributed by atoms with Crippen molar-refractivity contribution < 1.29 is 14.4 Å². The third kappa shape index (κ3) is 3.76. The Morgan fingerprint density at radius 2 is 1.71 bits per heavy atom. The van der Waals surface area contributed by atoms with Crippen molar-refractivity contribution in [3.8, 4) is 0 Å². The van der Waals surface area contributed by atoms with Gasteiger partial charge in [-0.05, 0) is 25.5 Å². The van der Waals surface area contributed by atoms with E-state index in [-0.39, 0.29) is 43.2 Å². The highest BCUT2D eigenvalue weighted by Crippen LogP contribution is 2.22. The summed E-state index contributed by atoms with van der Waals surface area (Å²) in [5.41, 5.74) is 5.95. The van der Waals surface area contributed by atoms with Crippen LogP contribution in [0.1, 0.15) is 47.4 Å². The molecule has 1 unspecified atom stereocenters. The minimum absolute atomic E-state index is 0. The summed E-state index contributed by atoms with van der Waals surface area (Å²) in [5.74, 6) is -0.804. The molecule has 1 aliphatic rings. The molecule has 6 nitrogen and oxygen atoms in total. The van der Waals surface area contributed by atoms with Crippen LogP contribution in [0.25, 0.3) is 0 Å². The molecule has 1 atom stereocenters. The van der Waals surface area contributed by atoms with Crippen molar-refractivity contribution in [3.05, 3.63) is 35.4 Å². The zero-order valence-electron chi connectivity index (χ0n) is 14.2. The molecule has 1 heterocycles. The molecule has 0 radical (unpaired) electrons. The molecule has 0 aromatic heterocycles. The standard InChI is InChI=1S/C17H23N3O3.ClH/c1-4-9-17(2,18)16(23)19(3)10-11-20-14(21)12-7-5-6-8-13(12)15(20)22;/h5-8H,4,9-11,18H2,1-3H3;1H. The quantitative estimate of drug-likeness (QED) is 0.789. The lowest BCUT2D eigenvalue weighted by atomic mass is 9.96. The molecular formula is C17H24ClN3O3. The van der Waals surface area contributed by atoms with Crippen LogP contribution in [0.4, 0.5) is 0 Å². The average molecular weight is 354 g/mol. The van der Waals surface area contributed by atoms with E-state index in [2.05, 4.69) is 0 Å². The average Bonchev–Trinajstić information content (AvgIpc) is 2.76. The number of rotatable bonds is 6. The van der Waals surface area contributed by atoms with Gasteiger partial charge in [-0.1, -0.05) is 25.5 Å². The molecule has 1 aromatic carbocycles. The molecule has 7 heteroatoms. The Morgan fingerprint density at radius 3 is 2.17 bits per heavy atom. The summed E-state index contributed by atoms with van der Waals surface area (Å²) in [6.45, 7) is 4.10. The van der Waals surface area contributed by atoms with E-state index in [4.69, 9.17) is 5.73 Å². The molecule has 24 heavy (non-hydrogen) atoms. The zero-order valence-corrected chi connectivity index (χ0v) is 15.1. The second kappa shape index (κ2) is 7.77. The molecule has 2 N–H and O–H groups in total. The van der Waals surface area contributed by atoms with Gasteiger partial charge in [0.2, 0.25) is 5.91 Å². The predicted octanol–water partition coefficient (Wildman–Crippen LogP) is 1.68. The Morgan fingerprint density at radius 1 is 1.21 bits per heavy atom. The van der Waals surface area contributed by atoms with Crippen molar-refractivity contribution in [1.82, 2.24) is 9.80 Å². The van der Waals surface area contributed by atoms with Crippen LogP contribution in [0.3, 0.4) is 0 Å². The first kappa shape index (κ1) is 20.1. The lowest BCUT2D eigenvalue weighted by molar-refractivity contribution is -0.135. The molecule has 132 valence electrons. The van der Waals surface area contributed by atoms with Gasteiger partial charge in [-0.15, -0.1) is 12.4 Å². The van der Waals surface area contributed by atoms with Gasteiger partial charge in [0.1, 0.15) is 0 Å². The van der Waals surface area contributed by atoms with Gasteiger partial charge in [0.05, 0.1) is 16.7 Å². The van der Waals surface area contributed by atoms with Gasteiger partial charge in [-0.3, -0.25) is 19.3 Å². The Labute approximate surface area is 148 Å². The van der Waals surface area contributed by atoms with Gasteiger partial charge in [0.15, 0.2) is 0 Å². The van der Waals surface area contributed by atoms with Gasteiger partial charge >= 0.3 is 0 Å². The van der Waals surface area contributed by atoms with Crippen LogP contribution in [-0.4, -0.2) is 53.2 Å². The smallest absolute Gasteiger partial charge is 0.261 e. The minimum Gasteiger partial charge on any atom is -0.342 e. The number of hydrogen-bond acceptors (Lipinski definition) is 4. The van der Waals surface area contributed by atoms with Gasteiger partial charge < -0.3 is 10.6 Å². The van der Waals surface area contributed by atoms with Crippen molar-refractivity contribution >= 4 is 30.1 Å². The molecule has 2 rings (SSSR count). The van der Waals surface area contributed by atoms with Crippen molar-refractivity contribution in [3.63, 3.8) is 0 Å². The number of nitrogens with two attached hydrogens (primary N) is 1. The molecular weight excluding hydrogens is 330 g/mol. The lowest BCUT2D eigenvalue weighted by Crippen LogP contribution is -2.53. The third-order valence-corrected chi connectivity index (χ3v) is 4.14. The summed E-state index contributed by atoms with van der Waals surface area (Å²) >= 11 is 0. The molecule has 0 bridgehead atoms. The van der Waals surface area contributed by atoms with Gasteiger partial charge in [0.25, 0.3) is 11.8 Å². The van der Waals surface area contributed by atoms with E-state index >= 15 is 0 Å². The number of amides is 3. The normalized spacial score (nSPS) is 15.6. The minimum atomic E-state index is -0.925. The largest absolute Gasteiger partial charge is 0.342 e. The van der Waals surface area contributed by atoms with Crippen LogP contribution in [-0.2, 0) is 4.79 Å². The Balaban J connectivity index is 0.00000288. The van der Waals surface area contributed by atoms with Gasteiger partial charge in [-0.25, -0.2) is 0 Å². The maximum atomic E-state index is 12.4. The summed E-state index contributed by atoms with van der Waals surface area (Å²) in [5, 5.41) is 0. The summed E-state index contributed by atoms with van der Waals surface area (Å²) in [7, 11) is 1.64. The number of hydrogen-bond donors (Lipinski definition) is 1. The number of nitrogens with zero attached hydrogens (tertiary/aromatic N) is 2. The molecule has 1 aliphatic heterocycles. The SMILES string of the molecule is CCCC(C)(N)C(=O)N(C)CCN1C(=O)c2ccccc2C1=O.Cl. The number of halogens is 1. The first-order valence-corrected chi connectivity index (χ1v) is 7.79. The van der Waals surface area contributed by atoms with Crippen molar-refractivity contribution in [2.24, 2.45) is 5.73 Å². The van der Waals surface area contributed by atoms with Crippen molar-refractivity contribution in [2.45, 2.75) is 32.2 Å². The van der Waals surface area contributed by atoms with Crippen LogP contribution < -0.4 is 5.73 Å². The fourth-order valence-electron chi connectivity index (χ4n) is 2.86. The van der Waals surface area contributed by atoms with Crippen molar-refractivity contribution in [2.75, 3.05) is 20.1 Å². The first-order valence-electron chi connectivity index (χ1n) is 7.79. The molecule has 0 aliphatic carbocycles. The molecule has 0 spiro atoms. The van der Waals surface area contributed by atoms with Crippen LogP contribution >= 0.6 is 12.4 Å². The summed E-state index contributed by atoms with van der Waals surface area (Å²) in [6.07, 6.45) is 1.40. The number of fused-ring (bicyclic) bond motifs is 1. The summed E-state index contributed by atoms with van der Waals surface area (Å²) in [6, 6.07) is 6.74. The summed E-state index contributed by atoms with van der Waals surface area (Å²) < 4.78 is 0. The van der Waals surface area contributed by atoms with E-state index in [0.717, 1.165) is 6.42 Å². The number of benzene rings is 1. The Bertz CT molecular complexity index is 611. The summed E-state index contributed by atoms with van der Waals surface area (Å²) in [4.78, 5) is 39.6. The maximum Gasteiger partial charge on any atom is 0.261 e. The second-order valence-corrected chi connectivity index (χ2v) is 6.20. The molecule has 0 saturated heterocycles. The van der Waals surface area contributed by atoms with Gasteiger partial charge in [0, 0.05) is 20.1 Å². The topological polar surface area (TPSA) is 83.7 Å². The van der Waals surface area contributed by atoms with E-state index < -0.39 is 5.54 Å². The van der Waals surface area contributed by atoms with E-state index in [0.29, 0.717) is 17.5 Å². The molecule has 0 saturated carbocycles. The molecule has 1 aromatic rings. The maximum absolute atomic E-state index is 12.4. The highest BCUT2D eigenvalue weighted by Gasteiger charge is 2.36. The molecule has 3 amide bonds. The third-order valence-electron chi connectivity index (χ3n) is 4.14. The van der Waals surface area contributed by atoms with E-state index in [9.17, 15) is 14.4 Å². The van der Waals surface area contributed by atoms with E-state index in [1.807, 2.05) is 6.92 Å². The number of carbonyl (C=O) groups is 3. The Kier molecular flexibility index (Phi) is 6.51. The monoisotopic (exact) mass is 353 g/mol. The van der Waals surface area contributed by atoms with Crippen LogP contribution in [0, 0.1) is 0 Å². The van der Waals surface area contributed by atoms with Gasteiger partial charge in [-0.2, -0.15) is 0 Å². The van der Waals surface area contributed by atoms with Crippen LogP contribution in [0.15, 0.2) is 24.3 Å². The predicted molar refractivity (Wildman–Crippen MR) is 94.2 cm³/mol. The number of imide groups is 1. The highest BCUT2D eigenvalue weighted by molar-refractivity contribution is 6.21. The second-order valence-electron chi connectivity index (χ2n) is 6.20. The molecule has 0 fully saturated rings. The van der Waals surface area contributed by atoms with E-state index in [1.54, 1.807) is 38.2 Å². The zero-order chi connectivity index (χ0) is 17.2. The van der Waals surface area contributed by atoms with Crippen molar-refractivity contribution in [1.29, 1.82) is 0 Å². The fraction of sp³-hybridized carbons (Fsp3) is 0.471. The Hall–Kier alpha value is -1.92. The fourth-order valence-corrected chi connectivity index (χ4v) is 2.86.